The number of amides is 1. The molecule has 1 saturated heterocycles. The molecule has 0 unspecified atom stereocenters. The third-order valence-corrected chi connectivity index (χ3v) is 3.95. The van der Waals surface area contributed by atoms with Crippen LogP contribution in [0.25, 0.3) is 0 Å². The normalized spacial score (nSPS) is 19.7. The molecule has 1 N–H and O–H groups in total. The highest BCUT2D eigenvalue weighted by atomic mass is 16.5. The Labute approximate surface area is 144 Å². The van der Waals surface area contributed by atoms with E-state index in [-0.39, 0.29) is 37.1 Å². The maximum absolute atomic E-state index is 12.2. The van der Waals surface area contributed by atoms with Crippen LogP contribution < -0.4 is 4.74 Å². The van der Waals surface area contributed by atoms with E-state index in [0.29, 0.717) is 5.75 Å². The number of esters is 1. The second-order valence-electron chi connectivity index (χ2n) is 5.70. The fourth-order valence-corrected chi connectivity index (χ4v) is 2.62. The minimum atomic E-state index is -0.804. The van der Waals surface area contributed by atoms with Crippen LogP contribution in [-0.4, -0.2) is 59.3 Å². The molecule has 1 fully saturated rings. The monoisotopic (exact) mass is 346 g/mol. The lowest BCUT2D eigenvalue weighted by Gasteiger charge is -2.17. The quantitative estimate of drug-likeness (QED) is 0.793. The smallest absolute Gasteiger partial charge is 0.309 e. The fourth-order valence-electron chi connectivity index (χ4n) is 2.62. The maximum atomic E-state index is 12.2. The average molecular weight is 346 g/mol. The fraction of sp³-hybridized carbons (Fsp3) is 0.353. The number of methoxy groups -OCH3 is 1. The van der Waals surface area contributed by atoms with Crippen LogP contribution in [0.5, 0.6) is 5.75 Å². The summed E-state index contributed by atoms with van der Waals surface area (Å²) >= 11 is 0. The van der Waals surface area contributed by atoms with Gasteiger partial charge in [0.2, 0.25) is 5.76 Å². The van der Waals surface area contributed by atoms with E-state index >= 15 is 0 Å². The predicted molar refractivity (Wildman–Crippen MR) is 85.0 cm³/mol. The summed E-state index contributed by atoms with van der Waals surface area (Å²) in [5.41, 5.74) is 0.799. The molecule has 8 nitrogen and oxygen atoms in total. The third kappa shape index (κ3) is 3.97. The molecule has 1 aliphatic heterocycles. The lowest BCUT2D eigenvalue weighted by Crippen LogP contribution is -2.31. The molecule has 1 amide bonds. The lowest BCUT2D eigenvalue weighted by molar-refractivity contribution is -0.139. The van der Waals surface area contributed by atoms with E-state index in [1.807, 2.05) is 0 Å². The number of hydrogen-bond acceptors (Lipinski definition) is 7. The van der Waals surface area contributed by atoms with Crippen molar-refractivity contribution < 1.29 is 28.6 Å². The zero-order valence-electron chi connectivity index (χ0n) is 13.6. The van der Waals surface area contributed by atoms with Gasteiger partial charge in [-0.25, -0.2) is 4.98 Å². The van der Waals surface area contributed by atoms with Crippen LogP contribution in [0.2, 0.25) is 0 Å². The summed E-state index contributed by atoms with van der Waals surface area (Å²) in [7, 11) is 1.34. The van der Waals surface area contributed by atoms with Crippen molar-refractivity contribution in [3.05, 3.63) is 48.2 Å². The van der Waals surface area contributed by atoms with Gasteiger partial charge in [-0.15, -0.1) is 0 Å². The van der Waals surface area contributed by atoms with Crippen molar-refractivity contribution in [2.75, 3.05) is 20.2 Å². The number of carbonyl (C=O) groups excluding carboxylic acids is 2. The van der Waals surface area contributed by atoms with Gasteiger partial charge in [0.25, 0.3) is 5.91 Å². The summed E-state index contributed by atoms with van der Waals surface area (Å²) in [6.07, 6.45) is 1.36. The zero-order chi connectivity index (χ0) is 17.8. The highest BCUT2D eigenvalue weighted by molar-refractivity contribution is 5.91. The molecule has 0 bridgehead atoms. The van der Waals surface area contributed by atoms with Crippen LogP contribution in [0, 0.1) is 0 Å². The number of aliphatic hydroxyl groups is 1. The van der Waals surface area contributed by atoms with Crippen molar-refractivity contribution in [3.63, 3.8) is 0 Å². The van der Waals surface area contributed by atoms with Crippen LogP contribution in [0.15, 0.2) is 41.3 Å². The molecule has 0 saturated carbocycles. The van der Waals surface area contributed by atoms with E-state index in [1.165, 1.54) is 24.6 Å². The van der Waals surface area contributed by atoms with Crippen molar-refractivity contribution in [1.29, 1.82) is 0 Å². The van der Waals surface area contributed by atoms with E-state index in [4.69, 9.17) is 9.15 Å². The van der Waals surface area contributed by atoms with E-state index in [2.05, 4.69) is 9.72 Å². The van der Waals surface area contributed by atoms with Crippen LogP contribution >= 0.6 is 0 Å². The molecule has 8 heteroatoms. The number of oxazole rings is 1. The summed E-state index contributed by atoms with van der Waals surface area (Å²) in [6, 6.07) is 6.94. The van der Waals surface area contributed by atoms with Gasteiger partial charge in [0, 0.05) is 0 Å². The minimum absolute atomic E-state index is 0.125. The molecule has 0 radical (unpaired) electrons. The van der Waals surface area contributed by atoms with E-state index < -0.39 is 12.2 Å². The molecule has 2 heterocycles. The van der Waals surface area contributed by atoms with Crippen LogP contribution in [0.3, 0.4) is 0 Å². The van der Waals surface area contributed by atoms with Gasteiger partial charge in [-0.05, 0) is 17.7 Å². The Balaban J connectivity index is 1.59. The van der Waals surface area contributed by atoms with Crippen molar-refractivity contribution >= 4 is 11.9 Å². The first-order valence-electron chi connectivity index (χ1n) is 7.75. The zero-order valence-corrected chi connectivity index (χ0v) is 13.6. The minimum Gasteiger partial charge on any atom is -0.486 e. The van der Waals surface area contributed by atoms with E-state index in [9.17, 15) is 14.7 Å². The summed E-state index contributed by atoms with van der Waals surface area (Å²) < 4.78 is 15.4. The topological polar surface area (TPSA) is 102 Å². The van der Waals surface area contributed by atoms with Crippen molar-refractivity contribution in [1.82, 2.24) is 9.88 Å². The first-order valence-corrected chi connectivity index (χ1v) is 7.75. The van der Waals surface area contributed by atoms with Gasteiger partial charge >= 0.3 is 5.97 Å². The number of benzene rings is 1. The van der Waals surface area contributed by atoms with Crippen LogP contribution in [0.1, 0.15) is 16.1 Å². The van der Waals surface area contributed by atoms with Crippen LogP contribution in [-0.2, 0) is 16.0 Å². The number of nitrogens with zero attached hydrogens (tertiary/aromatic N) is 2. The molecule has 1 aromatic carbocycles. The molecule has 132 valence electrons. The Hall–Kier alpha value is -2.87. The standard InChI is InChI=1S/C17H18N2O6/c1-23-16(21)6-11-2-4-12(5-3-11)25-15-9-19(8-13(15)20)17(22)14-7-18-10-24-14/h2-5,7,10,13,15,20H,6,8-9H2,1H3/t13-,15-/m1/s1. The summed E-state index contributed by atoms with van der Waals surface area (Å²) in [5.74, 6) is 0.0178. The number of carbonyl (C=O) groups is 2. The molecule has 2 atom stereocenters. The third-order valence-electron chi connectivity index (χ3n) is 3.95. The second kappa shape index (κ2) is 7.35. The Kier molecular flexibility index (Phi) is 4.99. The van der Waals surface area contributed by atoms with Gasteiger partial charge < -0.3 is 23.9 Å². The van der Waals surface area contributed by atoms with Crippen molar-refractivity contribution in [3.8, 4) is 5.75 Å². The molecule has 1 aliphatic rings. The van der Waals surface area contributed by atoms with Crippen molar-refractivity contribution in [2.24, 2.45) is 0 Å². The Morgan fingerprint density at radius 3 is 2.72 bits per heavy atom. The molecular weight excluding hydrogens is 328 g/mol. The van der Waals surface area contributed by atoms with Gasteiger partial charge in [-0.3, -0.25) is 9.59 Å². The SMILES string of the molecule is COC(=O)Cc1ccc(O[C@@H]2CN(C(=O)c3cnco3)C[C@H]2O)cc1. The van der Waals surface area contributed by atoms with Gasteiger partial charge in [0.15, 0.2) is 6.39 Å². The molecule has 1 aromatic heterocycles. The van der Waals surface area contributed by atoms with Gasteiger partial charge in [0.05, 0.1) is 32.8 Å². The molecule has 3 rings (SSSR count). The summed E-state index contributed by atoms with van der Waals surface area (Å²) in [4.78, 5) is 28.6. The molecule has 25 heavy (non-hydrogen) atoms. The summed E-state index contributed by atoms with van der Waals surface area (Å²) in [5, 5.41) is 10.1. The first kappa shape index (κ1) is 17.0. The number of aromatic nitrogens is 1. The molecule has 2 aromatic rings. The largest absolute Gasteiger partial charge is 0.486 e. The van der Waals surface area contributed by atoms with Crippen molar-refractivity contribution in [2.45, 2.75) is 18.6 Å². The van der Waals surface area contributed by atoms with Crippen LogP contribution in [0.4, 0.5) is 0 Å². The Morgan fingerprint density at radius 2 is 2.08 bits per heavy atom. The van der Waals surface area contributed by atoms with E-state index in [0.717, 1.165) is 5.56 Å². The van der Waals surface area contributed by atoms with Gasteiger partial charge in [-0.1, -0.05) is 12.1 Å². The van der Waals surface area contributed by atoms with E-state index in [1.54, 1.807) is 24.3 Å². The molecule has 0 spiro atoms. The predicted octanol–water partition coefficient (Wildman–Crippen LogP) is 0.654. The molecule has 0 aliphatic carbocycles. The molecular formula is C17H18N2O6. The Bertz CT molecular complexity index is 728. The number of aliphatic hydroxyl groups excluding tert-OH is 1. The second-order valence-corrected chi connectivity index (χ2v) is 5.70. The number of rotatable bonds is 5. The number of β-amino-alcohol motifs (C(OH)–C–C–N with tert-alkyl or cyclic N) is 1. The maximum Gasteiger partial charge on any atom is 0.309 e. The highest BCUT2D eigenvalue weighted by Gasteiger charge is 2.36. The lowest BCUT2D eigenvalue weighted by atomic mass is 10.1. The first-order chi connectivity index (χ1) is 12.1. The average Bonchev–Trinajstić information content (AvgIpc) is 3.26. The number of ether oxygens (including phenoxy) is 2. The number of hydrogen-bond donors (Lipinski definition) is 1. The van der Waals surface area contributed by atoms with Gasteiger partial charge in [0.1, 0.15) is 18.0 Å². The van der Waals surface area contributed by atoms with Gasteiger partial charge in [-0.2, -0.15) is 0 Å². The number of likely N-dealkylation sites (tertiary alicyclic amines) is 1. The Morgan fingerprint density at radius 1 is 1.32 bits per heavy atom. The highest BCUT2D eigenvalue weighted by Crippen LogP contribution is 2.21. The summed E-state index contributed by atoms with van der Waals surface area (Å²) in [6.45, 7) is 0.398.